The van der Waals surface area contributed by atoms with Gasteiger partial charge in [-0.25, -0.2) is 0 Å². The Morgan fingerprint density at radius 1 is 0.969 bits per heavy atom. The minimum atomic E-state index is -0.220. The molecule has 2 aromatic heterocycles. The summed E-state index contributed by atoms with van der Waals surface area (Å²) in [5.41, 5.74) is 3.38. The van der Waals surface area contributed by atoms with Crippen molar-refractivity contribution < 1.29 is 18.5 Å². The average molecular weight is 431 g/mol. The van der Waals surface area contributed by atoms with Gasteiger partial charge in [-0.2, -0.15) is 0 Å². The Balaban J connectivity index is 1.54. The number of rotatable bonds is 9. The fourth-order valence-electron chi connectivity index (χ4n) is 3.45. The average Bonchev–Trinajstić information content (AvgIpc) is 3.52. The maximum atomic E-state index is 13.3. The predicted octanol–water partition coefficient (Wildman–Crippen LogP) is 5.74. The highest BCUT2D eigenvalue weighted by atomic mass is 16.5. The molecule has 0 aliphatic carbocycles. The molecule has 4 aromatic rings. The molecule has 1 amide bonds. The van der Waals surface area contributed by atoms with Gasteiger partial charge in [0.25, 0.3) is 5.91 Å². The predicted molar refractivity (Wildman–Crippen MR) is 121 cm³/mol. The molecular weight excluding hydrogens is 404 g/mol. The third kappa shape index (κ3) is 5.09. The van der Waals surface area contributed by atoms with Crippen LogP contribution in [-0.4, -0.2) is 22.6 Å². The summed E-state index contributed by atoms with van der Waals surface area (Å²) in [6.45, 7) is 5.44. The molecule has 0 fully saturated rings. The molecule has 0 spiro atoms. The van der Waals surface area contributed by atoms with Gasteiger partial charge >= 0.3 is 0 Å². The molecule has 0 unspecified atom stereocenters. The third-order valence-corrected chi connectivity index (χ3v) is 5.20. The molecule has 32 heavy (non-hydrogen) atoms. The van der Waals surface area contributed by atoms with Crippen LogP contribution in [0.4, 0.5) is 0 Å². The van der Waals surface area contributed by atoms with Crippen molar-refractivity contribution in [1.29, 1.82) is 0 Å². The van der Waals surface area contributed by atoms with Crippen LogP contribution in [0, 0.1) is 0 Å². The number of amides is 1. The standard InChI is InChI=1S/C26H26N2O4/c1-3-19-7-9-20(10-8-19)17-28(18-23-6-5-15-31-23)26(29)24-16-25(32-27-24)21-11-13-22(14-12-21)30-4-2/h5-16H,3-4,17-18H2,1-2H3. The Hall–Kier alpha value is -3.80. The SMILES string of the molecule is CCOc1ccc(-c2cc(C(=O)N(Cc3ccc(CC)cc3)Cc3ccco3)no2)cc1. The summed E-state index contributed by atoms with van der Waals surface area (Å²) in [4.78, 5) is 15.0. The molecule has 164 valence electrons. The summed E-state index contributed by atoms with van der Waals surface area (Å²) >= 11 is 0. The number of ether oxygens (including phenoxy) is 1. The number of aryl methyl sites for hydroxylation is 1. The van der Waals surface area contributed by atoms with E-state index in [4.69, 9.17) is 13.7 Å². The second kappa shape index (κ2) is 10.0. The van der Waals surface area contributed by atoms with E-state index < -0.39 is 0 Å². The minimum Gasteiger partial charge on any atom is -0.494 e. The van der Waals surface area contributed by atoms with E-state index in [9.17, 15) is 4.79 Å². The van der Waals surface area contributed by atoms with E-state index in [1.807, 2.05) is 43.3 Å². The number of carbonyl (C=O) groups excluding carboxylic acids is 1. The summed E-state index contributed by atoms with van der Waals surface area (Å²) < 4.78 is 16.4. The first-order valence-corrected chi connectivity index (χ1v) is 10.8. The molecule has 0 bridgehead atoms. The van der Waals surface area contributed by atoms with Crippen LogP contribution in [0.2, 0.25) is 0 Å². The van der Waals surface area contributed by atoms with E-state index in [1.54, 1.807) is 17.2 Å². The van der Waals surface area contributed by atoms with Gasteiger partial charge in [0.1, 0.15) is 11.5 Å². The number of hydrogen-bond acceptors (Lipinski definition) is 5. The van der Waals surface area contributed by atoms with E-state index in [0.717, 1.165) is 23.3 Å². The van der Waals surface area contributed by atoms with Gasteiger partial charge in [0.05, 0.1) is 19.4 Å². The molecule has 0 saturated carbocycles. The summed E-state index contributed by atoms with van der Waals surface area (Å²) in [5.74, 6) is 1.80. The molecule has 6 heteroatoms. The Kier molecular flexibility index (Phi) is 6.70. The van der Waals surface area contributed by atoms with Gasteiger partial charge in [0.15, 0.2) is 11.5 Å². The maximum Gasteiger partial charge on any atom is 0.276 e. The summed E-state index contributed by atoms with van der Waals surface area (Å²) in [6.07, 6.45) is 2.58. The summed E-state index contributed by atoms with van der Waals surface area (Å²) in [6, 6.07) is 21.1. The first-order chi connectivity index (χ1) is 15.7. The molecule has 2 heterocycles. The lowest BCUT2D eigenvalue weighted by Crippen LogP contribution is -2.30. The van der Waals surface area contributed by atoms with Crippen LogP contribution in [-0.2, 0) is 19.5 Å². The first-order valence-electron chi connectivity index (χ1n) is 10.8. The molecule has 0 atom stereocenters. The summed E-state index contributed by atoms with van der Waals surface area (Å²) in [7, 11) is 0. The van der Waals surface area contributed by atoms with Gasteiger partial charge in [-0.15, -0.1) is 0 Å². The monoisotopic (exact) mass is 430 g/mol. The van der Waals surface area contributed by atoms with Gasteiger partial charge in [-0.05, 0) is 60.9 Å². The molecule has 0 aliphatic heterocycles. The zero-order valence-corrected chi connectivity index (χ0v) is 18.3. The largest absolute Gasteiger partial charge is 0.494 e. The van der Waals surface area contributed by atoms with Crippen molar-refractivity contribution in [2.75, 3.05) is 6.61 Å². The lowest BCUT2D eigenvalue weighted by Gasteiger charge is -2.21. The summed E-state index contributed by atoms with van der Waals surface area (Å²) in [5, 5.41) is 4.04. The van der Waals surface area contributed by atoms with E-state index in [-0.39, 0.29) is 11.6 Å². The third-order valence-electron chi connectivity index (χ3n) is 5.20. The van der Waals surface area contributed by atoms with Gasteiger partial charge in [-0.1, -0.05) is 36.3 Å². The normalized spacial score (nSPS) is 10.8. The molecule has 4 rings (SSSR count). The number of carbonyl (C=O) groups is 1. The fourth-order valence-corrected chi connectivity index (χ4v) is 3.45. The van der Waals surface area contributed by atoms with Crippen LogP contribution in [0.15, 0.2) is 81.9 Å². The topological polar surface area (TPSA) is 68.7 Å². The lowest BCUT2D eigenvalue weighted by molar-refractivity contribution is 0.0707. The molecule has 0 radical (unpaired) electrons. The van der Waals surface area contributed by atoms with Gasteiger partial charge in [-0.3, -0.25) is 4.79 Å². The van der Waals surface area contributed by atoms with Gasteiger partial charge < -0.3 is 18.6 Å². The highest BCUT2D eigenvalue weighted by Crippen LogP contribution is 2.24. The van der Waals surface area contributed by atoms with Crippen LogP contribution in [0.1, 0.15) is 41.2 Å². The molecule has 0 aliphatic rings. The van der Waals surface area contributed by atoms with Gasteiger partial charge in [0.2, 0.25) is 0 Å². The Morgan fingerprint density at radius 3 is 2.38 bits per heavy atom. The van der Waals surface area contributed by atoms with Crippen LogP contribution < -0.4 is 4.74 Å². The van der Waals surface area contributed by atoms with Crippen molar-refractivity contribution in [1.82, 2.24) is 10.1 Å². The van der Waals surface area contributed by atoms with Crippen molar-refractivity contribution in [3.05, 3.63) is 95.6 Å². The Bertz CT molecular complexity index is 1130. The molecule has 0 N–H and O–H groups in total. The van der Waals surface area contributed by atoms with Crippen LogP contribution in [0.25, 0.3) is 11.3 Å². The highest BCUT2D eigenvalue weighted by molar-refractivity contribution is 5.93. The quantitative estimate of drug-likeness (QED) is 0.339. The highest BCUT2D eigenvalue weighted by Gasteiger charge is 2.22. The van der Waals surface area contributed by atoms with Crippen molar-refractivity contribution in [2.24, 2.45) is 0 Å². The number of benzene rings is 2. The van der Waals surface area contributed by atoms with E-state index in [2.05, 4.69) is 36.3 Å². The Morgan fingerprint density at radius 2 is 1.72 bits per heavy atom. The smallest absolute Gasteiger partial charge is 0.276 e. The van der Waals surface area contributed by atoms with E-state index >= 15 is 0 Å². The molecule has 6 nitrogen and oxygen atoms in total. The molecule has 0 saturated heterocycles. The van der Waals surface area contributed by atoms with Crippen molar-refractivity contribution >= 4 is 5.91 Å². The lowest BCUT2D eigenvalue weighted by atomic mass is 10.1. The van der Waals surface area contributed by atoms with Crippen molar-refractivity contribution in [3.8, 4) is 17.1 Å². The van der Waals surface area contributed by atoms with Crippen LogP contribution in [0.3, 0.4) is 0 Å². The van der Waals surface area contributed by atoms with Crippen molar-refractivity contribution in [2.45, 2.75) is 33.4 Å². The number of hydrogen-bond donors (Lipinski definition) is 0. The maximum absolute atomic E-state index is 13.3. The van der Waals surface area contributed by atoms with Crippen LogP contribution in [0.5, 0.6) is 5.75 Å². The second-order valence-electron chi connectivity index (χ2n) is 7.44. The first kappa shape index (κ1) is 21.4. The molecular formula is C26H26N2O4. The minimum absolute atomic E-state index is 0.220. The van der Waals surface area contributed by atoms with Crippen LogP contribution >= 0.6 is 0 Å². The molecule has 2 aromatic carbocycles. The zero-order valence-electron chi connectivity index (χ0n) is 18.3. The number of nitrogens with zero attached hydrogens (tertiary/aromatic N) is 2. The van der Waals surface area contributed by atoms with E-state index in [1.165, 1.54) is 5.56 Å². The second-order valence-corrected chi connectivity index (χ2v) is 7.44. The number of furan rings is 1. The van der Waals surface area contributed by atoms with Gasteiger partial charge in [0, 0.05) is 18.2 Å². The Labute approximate surface area is 187 Å². The zero-order chi connectivity index (χ0) is 22.3. The van der Waals surface area contributed by atoms with Crippen molar-refractivity contribution in [3.63, 3.8) is 0 Å². The van der Waals surface area contributed by atoms with E-state index in [0.29, 0.717) is 31.2 Å². The fraction of sp³-hybridized carbons (Fsp3) is 0.231. The number of aromatic nitrogens is 1.